The number of amides is 1. The Labute approximate surface area is 159 Å². The highest BCUT2D eigenvalue weighted by molar-refractivity contribution is 7.10. The lowest BCUT2D eigenvalue weighted by molar-refractivity contribution is -0.115. The molecule has 1 aromatic heterocycles. The van der Waals surface area contributed by atoms with E-state index < -0.39 is 0 Å². The smallest absolute Gasteiger partial charge is 0.238 e. The van der Waals surface area contributed by atoms with E-state index in [2.05, 4.69) is 47.2 Å². The molecule has 2 N–H and O–H groups in total. The van der Waals surface area contributed by atoms with Crippen molar-refractivity contribution in [2.45, 2.75) is 26.3 Å². The minimum atomic E-state index is -0.0218. The van der Waals surface area contributed by atoms with Crippen LogP contribution in [0.3, 0.4) is 0 Å². The van der Waals surface area contributed by atoms with E-state index in [-0.39, 0.29) is 18.5 Å². The molecule has 0 saturated carbocycles. The SMILES string of the molecule is CCc1cccc(C)c1NC(=O)CN[C@H](c1ccccc1)c1cccs1. The van der Waals surface area contributed by atoms with Crippen LogP contribution in [0.15, 0.2) is 66.0 Å². The molecule has 0 unspecified atom stereocenters. The van der Waals surface area contributed by atoms with Crippen LogP contribution in [0.5, 0.6) is 0 Å². The first-order valence-corrected chi connectivity index (χ1v) is 9.77. The molecule has 26 heavy (non-hydrogen) atoms. The Morgan fingerprint density at radius 2 is 1.85 bits per heavy atom. The average Bonchev–Trinajstić information content (AvgIpc) is 3.19. The van der Waals surface area contributed by atoms with Crippen molar-refractivity contribution in [3.05, 3.63) is 87.6 Å². The summed E-state index contributed by atoms with van der Waals surface area (Å²) in [5.41, 5.74) is 4.36. The van der Waals surface area contributed by atoms with E-state index in [1.807, 2.05) is 43.3 Å². The Hall–Kier alpha value is -2.43. The molecular formula is C22H24N2OS. The first kappa shape index (κ1) is 18.4. The van der Waals surface area contributed by atoms with Gasteiger partial charge in [0.05, 0.1) is 12.6 Å². The third-order valence-corrected chi connectivity index (χ3v) is 5.37. The molecule has 2 aromatic carbocycles. The number of rotatable bonds is 7. The molecule has 0 aliphatic heterocycles. The predicted octanol–water partition coefficient (Wildman–Crippen LogP) is 4.94. The highest BCUT2D eigenvalue weighted by Gasteiger charge is 2.16. The fourth-order valence-electron chi connectivity index (χ4n) is 3.06. The monoisotopic (exact) mass is 364 g/mol. The van der Waals surface area contributed by atoms with Gasteiger partial charge in [-0.3, -0.25) is 10.1 Å². The number of hydrogen-bond acceptors (Lipinski definition) is 3. The van der Waals surface area contributed by atoms with Gasteiger partial charge in [0.25, 0.3) is 0 Å². The quantitative estimate of drug-likeness (QED) is 0.624. The van der Waals surface area contributed by atoms with Gasteiger partial charge in [-0.05, 0) is 41.5 Å². The normalized spacial score (nSPS) is 11.9. The molecule has 4 heteroatoms. The largest absolute Gasteiger partial charge is 0.324 e. The van der Waals surface area contributed by atoms with Crippen LogP contribution in [0.2, 0.25) is 0 Å². The summed E-state index contributed by atoms with van der Waals surface area (Å²) in [6.07, 6.45) is 0.895. The minimum absolute atomic E-state index is 0.0180. The van der Waals surface area contributed by atoms with Crippen LogP contribution in [0, 0.1) is 6.92 Å². The Balaban J connectivity index is 1.71. The van der Waals surface area contributed by atoms with Gasteiger partial charge in [0.15, 0.2) is 0 Å². The maximum Gasteiger partial charge on any atom is 0.238 e. The summed E-state index contributed by atoms with van der Waals surface area (Å²) in [4.78, 5) is 13.8. The standard InChI is InChI=1S/C22H24N2OS/c1-3-17-12-7-9-16(2)21(17)24-20(25)15-23-22(19-13-8-14-26-19)18-10-5-4-6-11-18/h4-14,22-23H,3,15H2,1-2H3,(H,24,25)/t22-/m1/s1. The van der Waals surface area contributed by atoms with E-state index in [0.29, 0.717) is 0 Å². The zero-order chi connectivity index (χ0) is 18.4. The van der Waals surface area contributed by atoms with Gasteiger partial charge in [-0.1, -0.05) is 61.5 Å². The summed E-state index contributed by atoms with van der Waals surface area (Å²) >= 11 is 1.70. The minimum Gasteiger partial charge on any atom is -0.324 e. The van der Waals surface area contributed by atoms with E-state index in [1.54, 1.807) is 11.3 Å². The maximum atomic E-state index is 12.6. The van der Waals surface area contributed by atoms with Gasteiger partial charge >= 0.3 is 0 Å². The second-order valence-corrected chi connectivity index (χ2v) is 7.23. The molecule has 0 saturated heterocycles. The molecule has 1 atom stereocenters. The Bertz CT molecular complexity index is 844. The van der Waals surface area contributed by atoms with Crippen LogP contribution in [-0.4, -0.2) is 12.5 Å². The van der Waals surface area contributed by atoms with Crippen molar-refractivity contribution in [2.75, 3.05) is 11.9 Å². The Morgan fingerprint density at radius 1 is 1.04 bits per heavy atom. The van der Waals surface area contributed by atoms with E-state index >= 15 is 0 Å². The second-order valence-electron chi connectivity index (χ2n) is 6.25. The van der Waals surface area contributed by atoms with Crippen molar-refractivity contribution in [3.8, 4) is 0 Å². The number of benzene rings is 2. The lowest BCUT2D eigenvalue weighted by Gasteiger charge is -2.19. The fraction of sp³-hybridized carbons (Fsp3) is 0.227. The first-order chi connectivity index (χ1) is 12.7. The van der Waals surface area contributed by atoms with E-state index in [9.17, 15) is 4.79 Å². The third kappa shape index (κ3) is 4.40. The molecule has 134 valence electrons. The highest BCUT2D eigenvalue weighted by Crippen LogP contribution is 2.26. The van der Waals surface area contributed by atoms with Gasteiger partial charge in [0, 0.05) is 10.6 Å². The molecule has 0 fully saturated rings. The fourth-order valence-corrected chi connectivity index (χ4v) is 3.89. The predicted molar refractivity (Wildman–Crippen MR) is 110 cm³/mol. The van der Waals surface area contributed by atoms with Crippen LogP contribution < -0.4 is 10.6 Å². The van der Waals surface area contributed by atoms with Crippen molar-refractivity contribution >= 4 is 22.9 Å². The molecule has 3 nitrogen and oxygen atoms in total. The van der Waals surface area contributed by atoms with Crippen molar-refractivity contribution in [2.24, 2.45) is 0 Å². The molecule has 3 aromatic rings. The van der Waals surface area contributed by atoms with E-state index in [4.69, 9.17) is 0 Å². The lowest BCUT2D eigenvalue weighted by Crippen LogP contribution is -2.32. The number of carbonyl (C=O) groups is 1. The van der Waals surface area contributed by atoms with Crippen molar-refractivity contribution in [3.63, 3.8) is 0 Å². The van der Waals surface area contributed by atoms with Crippen molar-refractivity contribution in [1.29, 1.82) is 0 Å². The van der Waals surface area contributed by atoms with Crippen molar-refractivity contribution < 1.29 is 4.79 Å². The number of para-hydroxylation sites is 1. The van der Waals surface area contributed by atoms with Gasteiger partial charge in [0.2, 0.25) is 5.91 Å². The molecule has 0 aliphatic rings. The zero-order valence-electron chi connectivity index (χ0n) is 15.2. The van der Waals surface area contributed by atoms with Gasteiger partial charge in [0.1, 0.15) is 0 Å². The summed E-state index contributed by atoms with van der Waals surface area (Å²) in [7, 11) is 0. The maximum absolute atomic E-state index is 12.6. The zero-order valence-corrected chi connectivity index (χ0v) is 16.0. The topological polar surface area (TPSA) is 41.1 Å². The number of hydrogen-bond donors (Lipinski definition) is 2. The number of nitrogens with one attached hydrogen (secondary N) is 2. The third-order valence-electron chi connectivity index (χ3n) is 4.43. The molecule has 0 bridgehead atoms. The molecule has 0 spiro atoms. The lowest BCUT2D eigenvalue weighted by atomic mass is 10.1. The Morgan fingerprint density at radius 3 is 2.54 bits per heavy atom. The molecule has 1 amide bonds. The van der Waals surface area contributed by atoms with Crippen LogP contribution in [0.25, 0.3) is 0 Å². The number of anilines is 1. The average molecular weight is 365 g/mol. The van der Waals surface area contributed by atoms with Crippen LogP contribution in [-0.2, 0) is 11.2 Å². The number of aryl methyl sites for hydroxylation is 2. The molecule has 1 heterocycles. The van der Waals surface area contributed by atoms with Gasteiger partial charge in [-0.25, -0.2) is 0 Å². The number of thiophene rings is 1. The first-order valence-electron chi connectivity index (χ1n) is 8.89. The summed E-state index contributed by atoms with van der Waals surface area (Å²) in [6, 6.07) is 20.5. The van der Waals surface area contributed by atoms with E-state index in [0.717, 1.165) is 28.8 Å². The Kier molecular flexibility index (Phi) is 6.21. The van der Waals surface area contributed by atoms with Crippen molar-refractivity contribution in [1.82, 2.24) is 5.32 Å². The molecule has 0 aliphatic carbocycles. The summed E-state index contributed by atoms with van der Waals surface area (Å²) < 4.78 is 0. The summed E-state index contributed by atoms with van der Waals surface area (Å²) in [5, 5.41) is 8.56. The highest BCUT2D eigenvalue weighted by atomic mass is 32.1. The van der Waals surface area contributed by atoms with Gasteiger partial charge < -0.3 is 5.32 Å². The van der Waals surface area contributed by atoms with Gasteiger partial charge in [-0.15, -0.1) is 11.3 Å². The molecule has 3 rings (SSSR count). The summed E-state index contributed by atoms with van der Waals surface area (Å²) in [5.74, 6) is -0.0218. The second kappa shape index (κ2) is 8.79. The molecule has 0 radical (unpaired) electrons. The van der Waals surface area contributed by atoms with Crippen LogP contribution >= 0.6 is 11.3 Å². The summed E-state index contributed by atoms with van der Waals surface area (Å²) in [6.45, 7) is 4.39. The molecular weight excluding hydrogens is 340 g/mol. The van der Waals surface area contributed by atoms with Crippen LogP contribution in [0.1, 0.15) is 34.5 Å². The van der Waals surface area contributed by atoms with Crippen LogP contribution in [0.4, 0.5) is 5.69 Å². The van der Waals surface area contributed by atoms with Gasteiger partial charge in [-0.2, -0.15) is 0 Å². The number of carbonyl (C=O) groups excluding carboxylic acids is 1. The van der Waals surface area contributed by atoms with E-state index in [1.165, 1.54) is 4.88 Å².